The first-order chi connectivity index (χ1) is 10.1. The molecule has 5 nitrogen and oxygen atoms in total. The number of halogens is 1. The summed E-state index contributed by atoms with van der Waals surface area (Å²) in [6, 6.07) is 10.2. The third kappa shape index (κ3) is 2.58. The van der Waals surface area contributed by atoms with Crippen LogP contribution in [0.4, 0.5) is 11.4 Å². The molecule has 0 aromatic heterocycles. The van der Waals surface area contributed by atoms with Crippen molar-refractivity contribution in [3.63, 3.8) is 0 Å². The van der Waals surface area contributed by atoms with Gasteiger partial charge in [0.2, 0.25) is 0 Å². The molecule has 0 heterocycles. The lowest BCUT2D eigenvalue weighted by atomic mass is 10.1. The van der Waals surface area contributed by atoms with Crippen LogP contribution in [-0.4, -0.2) is 10.0 Å². The third-order valence-electron chi connectivity index (χ3n) is 3.72. The van der Waals surface area contributed by atoms with Gasteiger partial charge in [-0.15, -0.1) is 0 Å². The van der Waals surface area contributed by atoms with E-state index in [4.69, 9.17) is 0 Å². The van der Waals surface area contributed by atoms with Crippen LogP contribution < -0.4 is 5.32 Å². The van der Waals surface area contributed by atoms with Crippen molar-refractivity contribution in [3.8, 4) is 5.75 Å². The molecule has 0 saturated carbocycles. The topological polar surface area (TPSA) is 75.4 Å². The molecule has 0 amide bonds. The Morgan fingerprint density at radius 2 is 2.14 bits per heavy atom. The van der Waals surface area contributed by atoms with Crippen molar-refractivity contribution in [1.29, 1.82) is 0 Å². The smallest absolute Gasteiger partial charge is 0.296 e. The van der Waals surface area contributed by atoms with Gasteiger partial charge in [-0.3, -0.25) is 10.1 Å². The highest BCUT2D eigenvalue weighted by molar-refractivity contribution is 9.10. The molecule has 3 rings (SSSR count). The minimum absolute atomic E-state index is 0.0424. The zero-order valence-corrected chi connectivity index (χ0v) is 12.6. The van der Waals surface area contributed by atoms with Crippen molar-refractivity contribution in [2.75, 3.05) is 5.32 Å². The Bertz CT molecular complexity index is 718. The third-order valence-corrected chi connectivity index (χ3v) is 4.46. The van der Waals surface area contributed by atoms with Gasteiger partial charge in [0, 0.05) is 4.47 Å². The zero-order chi connectivity index (χ0) is 15.0. The number of hydrogen-bond acceptors (Lipinski definition) is 4. The average molecular weight is 349 g/mol. The molecular weight excluding hydrogens is 336 g/mol. The summed E-state index contributed by atoms with van der Waals surface area (Å²) in [5.74, 6) is -0.109. The van der Waals surface area contributed by atoms with Gasteiger partial charge >= 0.3 is 0 Å². The number of nitro benzene ring substituents is 1. The van der Waals surface area contributed by atoms with Crippen molar-refractivity contribution in [2.24, 2.45) is 0 Å². The first-order valence-corrected chi connectivity index (χ1v) is 7.37. The standard InChI is InChI=1S/C15H13BrN2O3/c16-12-3-1-2-11-10(12)5-7-13(11)17-14-6-4-9(19)8-15(14)18(20)21/h1-4,6,8,13,17,19H,5,7H2. The van der Waals surface area contributed by atoms with Crippen LogP contribution in [0.5, 0.6) is 5.75 Å². The average Bonchev–Trinajstić information content (AvgIpc) is 2.85. The molecule has 0 radical (unpaired) electrons. The van der Waals surface area contributed by atoms with Gasteiger partial charge in [0.05, 0.1) is 17.0 Å². The minimum atomic E-state index is -0.487. The van der Waals surface area contributed by atoms with Crippen LogP contribution >= 0.6 is 15.9 Å². The Morgan fingerprint density at radius 1 is 1.33 bits per heavy atom. The number of phenolic OH excluding ortho intramolecular Hbond substituents is 1. The fourth-order valence-electron chi connectivity index (χ4n) is 2.74. The predicted molar refractivity (Wildman–Crippen MR) is 83.6 cm³/mol. The molecular formula is C15H13BrN2O3. The molecule has 1 atom stereocenters. The Kier molecular flexibility index (Phi) is 3.55. The van der Waals surface area contributed by atoms with Gasteiger partial charge in [0.15, 0.2) is 0 Å². The quantitative estimate of drug-likeness (QED) is 0.496. The van der Waals surface area contributed by atoms with E-state index in [-0.39, 0.29) is 17.5 Å². The van der Waals surface area contributed by atoms with Crippen LogP contribution in [0.1, 0.15) is 23.6 Å². The van der Waals surface area contributed by atoms with Gasteiger partial charge in [-0.2, -0.15) is 0 Å². The van der Waals surface area contributed by atoms with Crippen LogP contribution in [0.2, 0.25) is 0 Å². The van der Waals surface area contributed by atoms with E-state index in [1.807, 2.05) is 18.2 Å². The molecule has 0 fully saturated rings. The van der Waals surface area contributed by atoms with Crippen LogP contribution in [0, 0.1) is 10.1 Å². The number of nitrogens with zero attached hydrogens (tertiary/aromatic N) is 1. The van der Waals surface area contributed by atoms with Crippen LogP contribution in [0.15, 0.2) is 40.9 Å². The Balaban J connectivity index is 1.93. The molecule has 21 heavy (non-hydrogen) atoms. The predicted octanol–water partition coefficient (Wildman–Crippen LogP) is 4.16. The molecule has 0 saturated heterocycles. The normalized spacial score (nSPS) is 16.5. The minimum Gasteiger partial charge on any atom is -0.508 e. The number of benzene rings is 2. The van der Waals surface area contributed by atoms with Crippen molar-refractivity contribution in [2.45, 2.75) is 18.9 Å². The Hall–Kier alpha value is -2.08. The van der Waals surface area contributed by atoms with Gasteiger partial charge in [-0.25, -0.2) is 0 Å². The van der Waals surface area contributed by atoms with Crippen molar-refractivity contribution in [1.82, 2.24) is 0 Å². The summed E-state index contributed by atoms with van der Waals surface area (Å²) < 4.78 is 1.07. The summed E-state index contributed by atoms with van der Waals surface area (Å²) in [6.45, 7) is 0. The van der Waals surface area contributed by atoms with Crippen LogP contribution in [0.25, 0.3) is 0 Å². The van der Waals surface area contributed by atoms with E-state index >= 15 is 0 Å². The largest absolute Gasteiger partial charge is 0.508 e. The van der Waals surface area contributed by atoms with E-state index in [1.165, 1.54) is 17.7 Å². The Morgan fingerprint density at radius 3 is 2.90 bits per heavy atom. The molecule has 108 valence electrons. The van der Waals surface area contributed by atoms with E-state index in [2.05, 4.69) is 21.2 Å². The first-order valence-electron chi connectivity index (χ1n) is 6.57. The van der Waals surface area contributed by atoms with E-state index < -0.39 is 4.92 Å². The number of nitro groups is 1. The fraction of sp³-hybridized carbons (Fsp3) is 0.200. The molecule has 1 unspecified atom stereocenters. The number of phenols is 1. The maximum atomic E-state index is 11.1. The SMILES string of the molecule is O=[N+]([O-])c1cc(O)ccc1NC1CCc2c(Br)cccc21. The second kappa shape index (κ2) is 5.37. The highest BCUT2D eigenvalue weighted by Crippen LogP contribution is 2.39. The molecule has 0 bridgehead atoms. The maximum Gasteiger partial charge on any atom is 0.296 e. The summed E-state index contributed by atoms with van der Waals surface area (Å²) in [6.07, 6.45) is 1.82. The number of hydrogen-bond donors (Lipinski definition) is 2. The lowest BCUT2D eigenvalue weighted by Gasteiger charge is -2.16. The molecule has 2 aromatic rings. The highest BCUT2D eigenvalue weighted by atomic mass is 79.9. The number of anilines is 1. The maximum absolute atomic E-state index is 11.1. The molecule has 1 aliphatic carbocycles. The summed E-state index contributed by atoms with van der Waals surface area (Å²) >= 11 is 3.54. The summed E-state index contributed by atoms with van der Waals surface area (Å²) in [7, 11) is 0. The summed E-state index contributed by atoms with van der Waals surface area (Å²) in [4.78, 5) is 10.6. The molecule has 0 aliphatic heterocycles. The van der Waals surface area contributed by atoms with E-state index in [1.54, 1.807) is 6.07 Å². The van der Waals surface area contributed by atoms with E-state index in [0.29, 0.717) is 5.69 Å². The number of fused-ring (bicyclic) bond motifs is 1. The van der Waals surface area contributed by atoms with Crippen LogP contribution in [0.3, 0.4) is 0 Å². The van der Waals surface area contributed by atoms with Crippen LogP contribution in [-0.2, 0) is 6.42 Å². The first kappa shape index (κ1) is 13.9. The second-order valence-corrected chi connectivity index (χ2v) is 5.86. The van der Waals surface area contributed by atoms with Crippen molar-refractivity contribution < 1.29 is 10.0 Å². The van der Waals surface area contributed by atoms with Gasteiger partial charge < -0.3 is 10.4 Å². The lowest BCUT2D eigenvalue weighted by Crippen LogP contribution is -2.08. The van der Waals surface area contributed by atoms with Gasteiger partial charge in [-0.1, -0.05) is 28.1 Å². The highest BCUT2D eigenvalue weighted by Gasteiger charge is 2.26. The number of aromatic hydroxyl groups is 1. The fourth-order valence-corrected chi connectivity index (χ4v) is 3.32. The van der Waals surface area contributed by atoms with Gasteiger partial charge in [0.1, 0.15) is 11.4 Å². The molecule has 6 heteroatoms. The lowest BCUT2D eigenvalue weighted by molar-refractivity contribution is -0.384. The van der Waals surface area contributed by atoms with Crippen molar-refractivity contribution >= 4 is 27.3 Å². The molecule has 1 aliphatic rings. The summed E-state index contributed by atoms with van der Waals surface area (Å²) in [5.41, 5.74) is 2.72. The summed E-state index contributed by atoms with van der Waals surface area (Å²) in [5, 5.41) is 23.7. The molecule has 0 spiro atoms. The molecule has 2 aromatic carbocycles. The number of nitrogens with one attached hydrogen (secondary N) is 1. The molecule has 2 N–H and O–H groups in total. The van der Waals surface area contributed by atoms with Gasteiger partial charge in [-0.05, 0) is 42.2 Å². The number of rotatable bonds is 3. The Labute approximate surface area is 129 Å². The monoisotopic (exact) mass is 348 g/mol. The zero-order valence-electron chi connectivity index (χ0n) is 11.0. The van der Waals surface area contributed by atoms with Gasteiger partial charge in [0.25, 0.3) is 5.69 Å². The van der Waals surface area contributed by atoms with Crippen molar-refractivity contribution in [3.05, 3.63) is 62.1 Å². The second-order valence-electron chi connectivity index (χ2n) is 5.00. The van der Waals surface area contributed by atoms with E-state index in [0.717, 1.165) is 22.9 Å². The van der Waals surface area contributed by atoms with E-state index in [9.17, 15) is 15.2 Å².